The van der Waals surface area contributed by atoms with Crippen molar-refractivity contribution >= 4 is 19.8 Å². The Hall–Kier alpha value is -1.21. The van der Waals surface area contributed by atoms with E-state index < -0.39 is 32.5 Å². The van der Waals surface area contributed by atoms with E-state index in [1.807, 2.05) is 0 Å². The van der Waals surface area contributed by atoms with Crippen LogP contribution >= 0.6 is 7.82 Å². The number of ether oxygens (including phenoxy) is 2. The van der Waals surface area contributed by atoms with Crippen molar-refractivity contribution in [3.63, 3.8) is 0 Å². The molecule has 0 aromatic rings. The van der Waals surface area contributed by atoms with Crippen molar-refractivity contribution in [1.82, 2.24) is 0 Å². The van der Waals surface area contributed by atoms with Crippen molar-refractivity contribution in [2.24, 2.45) is 0 Å². The lowest BCUT2D eigenvalue weighted by Crippen LogP contribution is -2.29. The average Bonchev–Trinajstić information content (AvgIpc) is 3.08. The molecule has 1 unspecified atom stereocenters. The van der Waals surface area contributed by atoms with Crippen molar-refractivity contribution in [3.05, 3.63) is 12.2 Å². The third kappa shape index (κ3) is 39.6. The second kappa shape index (κ2) is 37.5. The smallest absolute Gasteiger partial charge is 0.462 e. The van der Waals surface area contributed by atoms with Gasteiger partial charge in [-0.2, -0.15) is 0 Å². The van der Waals surface area contributed by atoms with E-state index >= 15 is 0 Å². The number of hydrogen-bond acceptors (Lipinski definition) is 6. The summed E-state index contributed by atoms with van der Waals surface area (Å²) >= 11 is 0. The molecular formula is C41H79O8P. The van der Waals surface area contributed by atoms with E-state index in [1.165, 1.54) is 135 Å². The van der Waals surface area contributed by atoms with Crippen LogP contribution in [-0.2, 0) is 28.2 Å². The Morgan fingerprint density at radius 3 is 1.22 bits per heavy atom. The molecule has 50 heavy (non-hydrogen) atoms. The van der Waals surface area contributed by atoms with Gasteiger partial charge < -0.3 is 19.3 Å². The zero-order chi connectivity index (χ0) is 36.8. The number of esters is 2. The summed E-state index contributed by atoms with van der Waals surface area (Å²) in [7, 11) is -4.75. The summed E-state index contributed by atoms with van der Waals surface area (Å²) < 4.78 is 26.4. The lowest BCUT2D eigenvalue weighted by Gasteiger charge is -2.18. The number of hydrogen-bond donors (Lipinski definition) is 2. The number of unbranched alkanes of at least 4 members (excludes halogenated alkanes) is 27. The van der Waals surface area contributed by atoms with E-state index in [1.54, 1.807) is 0 Å². The largest absolute Gasteiger partial charge is 0.469 e. The van der Waals surface area contributed by atoms with Gasteiger partial charge in [0.15, 0.2) is 6.10 Å². The van der Waals surface area contributed by atoms with Crippen LogP contribution in [0.4, 0.5) is 0 Å². The molecular weight excluding hydrogens is 651 g/mol. The molecule has 0 rings (SSSR count). The van der Waals surface area contributed by atoms with E-state index in [0.717, 1.165) is 51.4 Å². The van der Waals surface area contributed by atoms with Crippen LogP contribution in [0.5, 0.6) is 0 Å². The normalized spacial score (nSPS) is 12.5. The highest BCUT2D eigenvalue weighted by atomic mass is 31.2. The van der Waals surface area contributed by atoms with E-state index in [0.29, 0.717) is 6.42 Å². The summed E-state index contributed by atoms with van der Waals surface area (Å²) in [6.45, 7) is 3.70. The van der Waals surface area contributed by atoms with Gasteiger partial charge in [0, 0.05) is 12.8 Å². The number of rotatable bonds is 39. The minimum Gasteiger partial charge on any atom is -0.462 e. The van der Waals surface area contributed by atoms with Gasteiger partial charge in [-0.25, -0.2) is 4.57 Å². The molecule has 1 atom stereocenters. The van der Waals surface area contributed by atoms with Crippen LogP contribution in [0.25, 0.3) is 0 Å². The standard InChI is InChI=1S/C41H79O8P/c1-3-5-7-9-11-13-15-17-19-21-23-25-27-29-31-33-35-40(42)47-37-39(38-48-50(44,45)46)49-41(43)36-34-32-30-28-26-24-22-20-18-16-14-12-10-8-6-4-2/h20,22,39H,3-19,21,23-38H2,1-2H3,(H2,44,45,46)/b22-20-. The fourth-order valence-electron chi connectivity index (χ4n) is 6.13. The van der Waals surface area contributed by atoms with Gasteiger partial charge >= 0.3 is 19.8 Å². The Balaban J connectivity index is 3.90. The molecule has 0 aromatic carbocycles. The van der Waals surface area contributed by atoms with Gasteiger partial charge in [-0.1, -0.05) is 180 Å². The maximum atomic E-state index is 12.4. The number of allylic oxidation sites excluding steroid dienone is 2. The molecule has 0 saturated carbocycles. The number of phosphoric ester groups is 1. The van der Waals surface area contributed by atoms with Crippen LogP contribution in [0, 0.1) is 0 Å². The zero-order valence-electron chi connectivity index (χ0n) is 32.6. The van der Waals surface area contributed by atoms with Gasteiger partial charge in [-0.05, 0) is 38.5 Å². The molecule has 0 amide bonds. The lowest BCUT2D eigenvalue weighted by molar-refractivity contribution is -0.161. The first-order chi connectivity index (χ1) is 24.3. The van der Waals surface area contributed by atoms with Crippen molar-refractivity contribution in [1.29, 1.82) is 0 Å². The van der Waals surface area contributed by atoms with Crippen LogP contribution in [0.1, 0.15) is 219 Å². The molecule has 0 aromatic heterocycles. The fraction of sp³-hybridized carbons (Fsp3) is 0.902. The third-order valence-corrected chi connectivity index (χ3v) is 9.77. The molecule has 9 heteroatoms. The van der Waals surface area contributed by atoms with Gasteiger partial charge in [0.05, 0.1) is 6.61 Å². The molecule has 296 valence electrons. The molecule has 0 spiro atoms. The van der Waals surface area contributed by atoms with E-state index in [9.17, 15) is 14.2 Å². The quantitative estimate of drug-likeness (QED) is 0.0278. The summed E-state index contributed by atoms with van der Waals surface area (Å²) in [5.41, 5.74) is 0. The first kappa shape index (κ1) is 48.8. The van der Waals surface area contributed by atoms with Crippen molar-refractivity contribution in [2.45, 2.75) is 225 Å². The van der Waals surface area contributed by atoms with Gasteiger partial charge in [0.1, 0.15) is 6.61 Å². The number of carbonyl (C=O) groups excluding carboxylic acids is 2. The Morgan fingerprint density at radius 2 is 0.840 bits per heavy atom. The van der Waals surface area contributed by atoms with E-state index in [-0.39, 0.29) is 19.4 Å². The minimum atomic E-state index is -4.75. The van der Waals surface area contributed by atoms with Gasteiger partial charge in [-0.15, -0.1) is 0 Å². The summed E-state index contributed by atoms with van der Waals surface area (Å²) in [5, 5.41) is 0. The molecule has 0 bridgehead atoms. The highest BCUT2D eigenvalue weighted by Gasteiger charge is 2.22. The summed E-state index contributed by atoms with van der Waals surface area (Å²) in [4.78, 5) is 42.8. The SMILES string of the molecule is CCCCCCCCC/C=C\CCCCCCCC(=O)OC(COC(=O)CCCCCCCCCCCCCCCCCC)COP(=O)(O)O. The fourth-order valence-corrected chi connectivity index (χ4v) is 6.49. The molecule has 2 N–H and O–H groups in total. The lowest BCUT2D eigenvalue weighted by atomic mass is 10.0. The van der Waals surface area contributed by atoms with Gasteiger partial charge in [-0.3, -0.25) is 14.1 Å². The summed E-state index contributed by atoms with van der Waals surface area (Å²) in [6.07, 6.45) is 40.7. The van der Waals surface area contributed by atoms with Crippen LogP contribution in [0.2, 0.25) is 0 Å². The topological polar surface area (TPSA) is 119 Å². The third-order valence-electron chi connectivity index (χ3n) is 9.28. The molecule has 0 radical (unpaired) electrons. The highest BCUT2D eigenvalue weighted by molar-refractivity contribution is 7.46. The molecule has 0 aliphatic carbocycles. The predicted molar refractivity (Wildman–Crippen MR) is 207 cm³/mol. The van der Waals surface area contributed by atoms with E-state index in [2.05, 4.69) is 30.5 Å². The molecule has 0 aliphatic rings. The van der Waals surface area contributed by atoms with E-state index in [4.69, 9.17) is 19.3 Å². The predicted octanol–water partition coefficient (Wildman–Crippen LogP) is 12.6. The minimum absolute atomic E-state index is 0.206. The first-order valence-corrected chi connectivity index (χ1v) is 22.5. The van der Waals surface area contributed by atoms with Crippen LogP contribution < -0.4 is 0 Å². The molecule has 0 saturated heterocycles. The molecule has 0 heterocycles. The van der Waals surface area contributed by atoms with Crippen LogP contribution in [-0.4, -0.2) is 41.0 Å². The molecule has 8 nitrogen and oxygen atoms in total. The summed E-state index contributed by atoms with van der Waals surface area (Å²) in [6, 6.07) is 0. The maximum Gasteiger partial charge on any atom is 0.469 e. The second-order valence-corrected chi connectivity index (χ2v) is 15.6. The number of carbonyl (C=O) groups is 2. The number of phosphoric acid groups is 1. The van der Waals surface area contributed by atoms with Crippen molar-refractivity contribution < 1.29 is 37.9 Å². The second-order valence-electron chi connectivity index (χ2n) is 14.3. The highest BCUT2D eigenvalue weighted by Crippen LogP contribution is 2.36. The first-order valence-electron chi connectivity index (χ1n) is 21.0. The van der Waals surface area contributed by atoms with Crippen molar-refractivity contribution in [2.75, 3.05) is 13.2 Å². The Kier molecular flexibility index (Phi) is 36.6. The Bertz CT molecular complexity index is 827. The average molecular weight is 731 g/mol. The monoisotopic (exact) mass is 731 g/mol. The Labute approximate surface area is 307 Å². The molecule has 0 fully saturated rings. The molecule has 0 aliphatic heterocycles. The van der Waals surface area contributed by atoms with Crippen LogP contribution in [0.15, 0.2) is 12.2 Å². The van der Waals surface area contributed by atoms with Gasteiger partial charge in [0.2, 0.25) is 0 Å². The van der Waals surface area contributed by atoms with Crippen LogP contribution in [0.3, 0.4) is 0 Å². The maximum absolute atomic E-state index is 12.4. The summed E-state index contributed by atoms with van der Waals surface area (Å²) in [5.74, 6) is -0.883. The van der Waals surface area contributed by atoms with Gasteiger partial charge in [0.25, 0.3) is 0 Å². The van der Waals surface area contributed by atoms with Crippen molar-refractivity contribution in [3.8, 4) is 0 Å². The Morgan fingerprint density at radius 1 is 0.500 bits per heavy atom. The zero-order valence-corrected chi connectivity index (χ0v) is 33.5.